The first-order valence-electron chi connectivity index (χ1n) is 8.68. The average Bonchev–Trinajstić information content (AvgIpc) is 3.03. The quantitative estimate of drug-likeness (QED) is 0.696. The van der Waals surface area contributed by atoms with Crippen molar-refractivity contribution >= 4 is 11.8 Å². The Bertz CT molecular complexity index is 1060. The van der Waals surface area contributed by atoms with Crippen LogP contribution in [0.4, 0.5) is 23.8 Å². The molecule has 0 fully saturated rings. The van der Waals surface area contributed by atoms with Gasteiger partial charge in [0.05, 0.1) is 5.56 Å². The normalized spacial score (nSPS) is 13.4. The second kappa shape index (κ2) is 7.03. The minimum Gasteiger partial charge on any atom is -0.354 e. The molecule has 0 radical (unpaired) electrons. The molecule has 3 aromatic rings. The molecule has 2 aromatic carbocycles. The summed E-state index contributed by atoms with van der Waals surface area (Å²) in [5.41, 5.74) is 1.98. The van der Waals surface area contributed by atoms with Crippen LogP contribution in [-0.4, -0.2) is 22.6 Å². The Balaban J connectivity index is 1.52. The minimum atomic E-state index is -0.942. The molecular weight excluding hydrogens is 371 g/mol. The van der Waals surface area contributed by atoms with Crippen molar-refractivity contribution in [2.24, 2.45) is 0 Å². The summed E-state index contributed by atoms with van der Waals surface area (Å²) in [6, 6.07) is 7.94. The van der Waals surface area contributed by atoms with Crippen molar-refractivity contribution in [2.75, 3.05) is 11.9 Å². The van der Waals surface area contributed by atoms with E-state index in [9.17, 15) is 18.0 Å². The number of urea groups is 1. The molecule has 28 heavy (non-hydrogen) atoms. The van der Waals surface area contributed by atoms with Crippen LogP contribution >= 0.6 is 0 Å². The maximum atomic E-state index is 14.0. The third-order valence-electron chi connectivity index (χ3n) is 4.81. The van der Waals surface area contributed by atoms with E-state index < -0.39 is 23.5 Å². The molecule has 1 aliphatic heterocycles. The number of nitrogens with one attached hydrogen (secondary N) is 1. The fraction of sp³-hybridized carbons (Fsp3) is 0.200. The van der Waals surface area contributed by atoms with Gasteiger partial charge in [-0.2, -0.15) is 0 Å². The van der Waals surface area contributed by atoms with Crippen molar-refractivity contribution in [1.29, 1.82) is 0 Å². The summed E-state index contributed by atoms with van der Waals surface area (Å²) in [6.45, 7) is 2.16. The van der Waals surface area contributed by atoms with Crippen molar-refractivity contribution in [3.63, 3.8) is 0 Å². The highest BCUT2D eigenvalue weighted by Crippen LogP contribution is 2.30. The van der Waals surface area contributed by atoms with Gasteiger partial charge in [0.1, 0.15) is 5.82 Å². The van der Waals surface area contributed by atoms with E-state index in [0.717, 1.165) is 6.07 Å². The van der Waals surface area contributed by atoms with Crippen LogP contribution in [0.5, 0.6) is 0 Å². The third-order valence-corrected chi connectivity index (χ3v) is 4.81. The number of benzene rings is 2. The summed E-state index contributed by atoms with van der Waals surface area (Å²) >= 11 is 0. The van der Waals surface area contributed by atoms with E-state index in [-0.39, 0.29) is 23.7 Å². The number of hydrogen-bond donors (Lipinski definition) is 1. The molecule has 0 atom stereocenters. The van der Waals surface area contributed by atoms with E-state index in [2.05, 4.69) is 10.5 Å². The van der Waals surface area contributed by atoms with Crippen LogP contribution in [0.2, 0.25) is 0 Å². The van der Waals surface area contributed by atoms with Crippen LogP contribution in [0, 0.1) is 24.4 Å². The van der Waals surface area contributed by atoms with Gasteiger partial charge in [-0.1, -0.05) is 17.3 Å². The standard InChI is InChI=1S/C20H16F3N3O2/c1-11-18(14-4-2-3-5-15(14)21)28-25-19(11)24-20(27)26-7-6-12-8-16(22)17(23)9-13(12)10-26/h2-5,8-9H,6-7,10H2,1H3,(H,24,25,27). The Kier molecular flexibility index (Phi) is 4.54. The summed E-state index contributed by atoms with van der Waals surface area (Å²) in [4.78, 5) is 14.1. The number of carbonyl (C=O) groups excluding carboxylic acids is 1. The minimum absolute atomic E-state index is 0.148. The van der Waals surface area contributed by atoms with Crippen LogP contribution in [0.3, 0.4) is 0 Å². The summed E-state index contributed by atoms with van der Waals surface area (Å²) in [5, 5.41) is 6.47. The molecular formula is C20H16F3N3O2. The zero-order chi connectivity index (χ0) is 19.8. The molecule has 1 aliphatic rings. The first-order valence-corrected chi connectivity index (χ1v) is 8.68. The van der Waals surface area contributed by atoms with E-state index in [1.54, 1.807) is 25.1 Å². The van der Waals surface area contributed by atoms with Gasteiger partial charge in [0, 0.05) is 18.7 Å². The van der Waals surface area contributed by atoms with Crippen molar-refractivity contribution in [3.8, 4) is 11.3 Å². The van der Waals surface area contributed by atoms with E-state index in [0.29, 0.717) is 29.7 Å². The molecule has 1 aromatic heterocycles. The van der Waals surface area contributed by atoms with Crippen LogP contribution in [-0.2, 0) is 13.0 Å². The average molecular weight is 387 g/mol. The molecule has 0 bridgehead atoms. The van der Waals surface area contributed by atoms with E-state index in [1.807, 2.05) is 0 Å². The maximum Gasteiger partial charge on any atom is 0.323 e. The highest BCUT2D eigenvalue weighted by atomic mass is 19.2. The number of rotatable bonds is 2. The first kappa shape index (κ1) is 18.1. The van der Waals surface area contributed by atoms with Crippen molar-refractivity contribution < 1.29 is 22.5 Å². The second-order valence-corrected chi connectivity index (χ2v) is 6.60. The molecule has 144 valence electrons. The third kappa shape index (κ3) is 3.21. The molecule has 5 nitrogen and oxygen atoms in total. The van der Waals surface area contributed by atoms with E-state index in [1.165, 1.54) is 17.0 Å². The lowest BCUT2D eigenvalue weighted by molar-refractivity contribution is 0.206. The highest BCUT2D eigenvalue weighted by molar-refractivity contribution is 5.90. The zero-order valence-electron chi connectivity index (χ0n) is 14.9. The molecule has 0 saturated heterocycles. The van der Waals surface area contributed by atoms with Gasteiger partial charge in [0.15, 0.2) is 23.2 Å². The molecule has 8 heteroatoms. The number of fused-ring (bicyclic) bond motifs is 1. The number of hydrogen-bond acceptors (Lipinski definition) is 3. The predicted octanol–water partition coefficient (Wildman–Crippen LogP) is 4.66. The highest BCUT2D eigenvalue weighted by Gasteiger charge is 2.25. The molecule has 0 spiro atoms. The summed E-state index contributed by atoms with van der Waals surface area (Å²) in [5.74, 6) is -1.88. The molecule has 1 N–H and O–H groups in total. The summed E-state index contributed by atoms with van der Waals surface area (Å²) in [7, 11) is 0. The summed E-state index contributed by atoms with van der Waals surface area (Å²) in [6.07, 6.45) is 0.415. The largest absolute Gasteiger partial charge is 0.354 e. The topological polar surface area (TPSA) is 58.4 Å². The zero-order valence-corrected chi connectivity index (χ0v) is 14.9. The number of amides is 2. The molecule has 2 amide bonds. The molecule has 0 saturated carbocycles. The van der Waals surface area contributed by atoms with Crippen LogP contribution in [0.25, 0.3) is 11.3 Å². The second-order valence-electron chi connectivity index (χ2n) is 6.60. The van der Waals surface area contributed by atoms with Crippen LogP contribution < -0.4 is 5.32 Å². The summed E-state index contributed by atoms with van der Waals surface area (Å²) < 4.78 is 46.0. The Morgan fingerprint density at radius 3 is 2.57 bits per heavy atom. The van der Waals surface area contributed by atoms with Crippen LogP contribution in [0.15, 0.2) is 40.9 Å². The van der Waals surface area contributed by atoms with E-state index >= 15 is 0 Å². The lowest BCUT2D eigenvalue weighted by atomic mass is 9.99. The lowest BCUT2D eigenvalue weighted by Gasteiger charge is -2.28. The number of carbonyl (C=O) groups is 1. The van der Waals surface area contributed by atoms with Gasteiger partial charge in [-0.05, 0) is 48.7 Å². The fourth-order valence-corrected chi connectivity index (χ4v) is 3.25. The van der Waals surface area contributed by atoms with Gasteiger partial charge in [-0.3, -0.25) is 5.32 Å². The number of nitrogens with zero attached hydrogens (tertiary/aromatic N) is 2. The van der Waals surface area contributed by atoms with Gasteiger partial charge < -0.3 is 9.42 Å². The smallest absolute Gasteiger partial charge is 0.323 e. The monoisotopic (exact) mass is 387 g/mol. The SMILES string of the molecule is Cc1c(NC(=O)N2CCc3cc(F)c(F)cc3C2)noc1-c1ccccc1F. The molecule has 0 unspecified atom stereocenters. The Morgan fingerprint density at radius 1 is 1.11 bits per heavy atom. The fourth-order valence-electron chi connectivity index (χ4n) is 3.25. The molecule has 0 aliphatic carbocycles. The van der Waals surface area contributed by atoms with E-state index in [4.69, 9.17) is 4.52 Å². The van der Waals surface area contributed by atoms with Gasteiger partial charge in [-0.15, -0.1) is 0 Å². The van der Waals surface area contributed by atoms with Crippen LogP contribution in [0.1, 0.15) is 16.7 Å². The number of halogens is 3. The maximum absolute atomic E-state index is 14.0. The Hall–Kier alpha value is -3.29. The van der Waals surface area contributed by atoms with Gasteiger partial charge in [-0.25, -0.2) is 18.0 Å². The Labute approximate surface area is 158 Å². The van der Waals surface area contributed by atoms with Crippen molar-refractivity contribution in [1.82, 2.24) is 10.1 Å². The Morgan fingerprint density at radius 2 is 1.82 bits per heavy atom. The molecule has 2 heterocycles. The predicted molar refractivity (Wildman–Crippen MR) is 96.1 cm³/mol. The molecule has 4 rings (SSSR count). The van der Waals surface area contributed by atoms with Crippen molar-refractivity contribution in [2.45, 2.75) is 19.9 Å². The number of aromatic nitrogens is 1. The van der Waals surface area contributed by atoms with Gasteiger partial charge in [0.25, 0.3) is 0 Å². The first-order chi connectivity index (χ1) is 13.4. The lowest BCUT2D eigenvalue weighted by Crippen LogP contribution is -2.39. The number of anilines is 1. The van der Waals surface area contributed by atoms with Crippen molar-refractivity contribution in [3.05, 3.63) is 70.5 Å². The van der Waals surface area contributed by atoms with Gasteiger partial charge >= 0.3 is 6.03 Å². The van der Waals surface area contributed by atoms with Gasteiger partial charge in [0.2, 0.25) is 0 Å².